The summed E-state index contributed by atoms with van der Waals surface area (Å²) in [4.78, 5) is 26.7. The van der Waals surface area contributed by atoms with Gasteiger partial charge < -0.3 is 24.9 Å². The molecule has 0 unspecified atom stereocenters. The SMILES string of the molecule is CC.CCc1c[nH]c2ccc(Oc3c(C)cc(NC(=O)CC(=O)OCCO)cc3Cl)cc12. The lowest BCUT2D eigenvalue weighted by Gasteiger charge is -2.14. The van der Waals surface area contributed by atoms with Crippen LogP contribution in [-0.4, -0.2) is 35.2 Å². The molecule has 0 saturated carbocycles. The van der Waals surface area contributed by atoms with Crippen LogP contribution in [0.25, 0.3) is 10.9 Å². The van der Waals surface area contributed by atoms with E-state index in [9.17, 15) is 9.59 Å². The van der Waals surface area contributed by atoms with Crippen molar-refractivity contribution >= 4 is 40.1 Å². The molecule has 7 nitrogen and oxygen atoms in total. The van der Waals surface area contributed by atoms with Crippen LogP contribution in [0, 0.1) is 6.92 Å². The van der Waals surface area contributed by atoms with E-state index in [2.05, 4.69) is 22.0 Å². The quantitative estimate of drug-likeness (QED) is 0.309. The molecule has 0 aliphatic heterocycles. The van der Waals surface area contributed by atoms with Gasteiger partial charge >= 0.3 is 5.97 Å². The molecule has 0 fully saturated rings. The van der Waals surface area contributed by atoms with Crippen LogP contribution in [0.2, 0.25) is 5.02 Å². The first-order valence-electron chi connectivity index (χ1n) is 10.6. The Morgan fingerprint density at radius 3 is 2.59 bits per heavy atom. The Morgan fingerprint density at radius 2 is 1.94 bits per heavy atom. The number of halogens is 1. The number of carbonyl (C=O) groups is 2. The summed E-state index contributed by atoms with van der Waals surface area (Å²) in [7, 11) is 0. The molecule has 3 N–H and O–H groups in total. The maximum Gasteiger partial charge on any atom is 0.315 e. The summed E-state index contributed by atoms with van der Waals surface area (Å²) in [5.41, 5.74) is 3.41. The smallest absolute Gasteiger partial charge is 0.315 e. The topological polar surface area (TPSA) is 101 Å². The third-order valence-corrected chi connectivity index (χ3v) is 4.79. The minimum Gasteiger partial charge on any atom is -0.463 e. The zero-order valence-electron chi connectivity index (χ0n) is 18.8. The van der Waals surface area contributed by atoms with Gasteiger partial charge in [0, 0.05) is 22.8 Å². The number of hydrogen-bond acceptors (Lipinski definition) is 5. The predicted octanol–water partition coefficient (Wildman–Crippen LogP) is 5.37. The van der Waals surface area contributed by atoms with Gasteiger partial charge in [-0.1, -0.05) is 32.4 Å². The number of aromatic amines is 1. The van der Waals surface area contributed by atoms with Gasteiger partial charge in [0.15, 0.2) is 0 Å². The van der Waals surface area contributed by atoms with Gasteiger partial charge in [-0.2, -0.15) is 0 Å². The highest BCUT2D eigenvalue weighted by atomic mass is 35.5. The highest BCUT2D eigenvalue weighted by Gasteiger charge is 2.14. The van der Waals surface area contributed by atoms with Gasteiger partial charge in [0.1, 0.15) is 24.5 Å². The Labute approximate surface area is 192 Å². The number of aliphatic hydroxyl groups is 1. The molecule has 1 aromatic heterocycles. The number of esters is 1. The van der Waals surface area contributed by atoms with Crippen LogP contribution in [0.5, 0.6) is 11.5 Å². The largest absolute Gasteiger partial charge is 0.463 e. The molecule has 3 aromatic rings. The first-order chi connectivity index (χ1) is 15.4. The molecule has 1 heterocycles. The summed E-state index contributed by atoms with van der Waals surface area (Å²) in [5.74, 6) is -0.0989. The number of nitrogens with one attached hydrogen (secondary N) is 2. The molecule has 0 atom stereocenters. The second kappa shape index (κ2) is 12.1. The van der Waals surface area contributed by atoms with Crippen LogP contribution in [0.1, 0.15) is 38.3 Å². The molecule has 0 saturated heterocycles. The molecule has 0 radical (unpaired) electrons. The number of aromatic nitrogens is 1. The lowest BCUT2D eigenvalue weighted by molar-refractivity contribution is -0.146. The van der Waals surface area contributed by atoms with Crippen molar-refractivity contribution in [3.05, 3.63) is 52.7 Å². The summed E-state index contributed by atoms with van der Waals surface area (Å²) in [6, 6.07) is 9.06. The van der Waals surface area contributed by atoms with Crippen molar-refractivity contribution in [3.8, 4) is 11.5 Å². The van der Waals surface area contributed by atoms with Gasteiger partial charge in [-0.3, -0.25) is 9.59 Å². The molecule has 0 spiro atoms. The summed E-state index contributed by atoms with van der Waals surface area (Å²) in [6.45, 7) is 7.48. The van der Waals surface area contributed by atoms with E-state index in [1.165, 1.54) is 5.56 Å². The summed E-state index contributed by atoms with van der Waals surface area (Å²) in [6.07, 6.45) is 2.44. The number of H-pyrrole nitrogens is 1. The zero-order valence-corrected chi connectivity index (χ0v) is 19.5. The average molecular weight is 461 g/mol. The molecule has 172 valence electrons. The zero-order chi connectivity index (χ0) is 23.7. The molecule has 2 aromatic carbocycles. The van der Waals surface area contributed by atoms with Crippen molar-refractivity contribution in [1.82, 2.24) is 4.98 Å². The van der Waals surface area contributed by atoms with Gasteiger partial charge in [0.25, 0.3) is 0 Å². The maximum absolute atomic E-state index is 12.0. The van der Waals surface area contributed by atoms with E-state index in [0.29, 0.717) is 22.2 Å². The van der Waals surface area contributed by atoms with E-state index >= 15 is 0 Å². The monoisotopic (exact) mass is 460 g/mol. The predicted molar refractivity (Wildman–Crippen MR) is 127 cm³/mol. The minimum atomic E-state index is -0.712. The van der Waals surface area contributed by atoms with E-state index in [0.717, 1.165) is 22.9 Å². The average Bonchev–Trinajstić information content (AvgIpc) is 3.18. The number of benzene rings is 2. The van der Waals surface area contributed by atoms with Crippen LogP contribution in [0.3, 0.4) is 0 Å². The standard InChI is InChI=1S/C22H23ClN2O5.C2H6/c1-3-14-12-24-19-5-4-16(10-17(14)19)30-22-13(2)8-15(9-18(22)23)25-20(27)11-21(28)29-7-6-26;1-2/h4-5,8-10,12,24,26H,3,6-7,11H2,1-2H3,(H,25,27);1-2H3. The van der Waals surface area contributed by atoms with Gasteiger partial charge in [-0.05, 0) is 54.8 Å². The van der Waals surface area contributed by atoms with Crippen molar-refractivity contribution in [2.75, 3.05) is 18.5 Å². The van der Waals surface area contributed by atoms with Crippen molar-refractivity contribution in [2.45, 2.75) is 40.5 Å². The molecule has 1 amide bonds. The summed E-state index contributed by atoms with van der Waals surface area (Å²) < 4.78 is 10.7. The van der Waals surface area contributed by atoms with E-state index in [4.69, 9.17) is 21.4 Å². The molecular formula is C24H29ClN2O5. The van der Waals surface area contributed by atoms with E-state index in [1.807, 2.05) is 45.2 Å². The van der Waals surface area contributed by atoms with Gasteiger partial charge in [0.2, 0.25) is 5.91 Å². The summed E-state index contributed by atoms with van der Waals surface area (Å²) >= 11 is 6.40. The number of fused-ring (bicyclic) bond motifs is 1. The van der Waals surface area contributed by atoms with Crippen LogP contribution in [0.15, 0.2) is 36.5 Å². The molecule has 0 aliphatic carbocycles. The fourth-order valence-corrected chi connectivity index (χ4v) is 3.42. The highest BCUT2D eigenvalue weighted by Crippen LogP contribution is 2.36. The van der Waals surface area contributed by atoms with Gasteiger partial charge in [-0.25, -0.2) is 0 Å². The number of aryl methyl sites for hydroxylation is 2. The highest BCUT2D eigenvalue weighted by molar-refractivity contribution is 6.32. The normalized spacial score (nSPS) is 10.3. The molecule has 8 heteroatoms. The van der Waals surface area contributed by atoms with Crippen molar-refractivity contribution in [3.63, 3.8) is 0 Å². The van der Waals surface area contributed by atoms with Crippen molar-refractivity contribution < 1.29 is 24.2 Å². The maximum atomic E-state index is 12.0. The number of aliphatic hydroxyl groups excluding tert-OH is 1. The fourth-order valence-electron chi connectivity index (χ4n) is 3.11. The Kier molecular flexibility index (Phi) is 9.56. The van der Waals surface area contributed by atoms with Crippen molar-refractivity contribution in [1.29, 1.82) is 0 Å². The van der Waals surface area contributed by atoms with Crippen LogP contribution >= 0.6 is 11.6 Å². The Hall–Kier alpha value is -3.03. The number of ether oxygens (including phenoxy) is 2. The van der Waals surface area contributed by atoms with Crippen LogP contribution < -0.4 is 10.1 Å². The molecule has 0 bridgehead atoms. The van der Waals surface area contributed by atoms with E-state index < -0.39 is 18.3 Å². The lowest BCUT2D eigenvalue weighted by Crippen LogP contribution is -2.19. The molecule has 32 heavy (non-hydrogen) atoms. The van der Waals surface area contributed by atoms with Gasteiger partial charge in [0.05, 0.1) is 11.6 Å². The Bertz CT molecular complexity index is 1050. The second-order valence-electron chi connectivity index (χ2n) is 6.75. The number of carbonyl (C=O) groups excluding carboxylic acids is 2. The van der Waals surface area contributed by atoms with E-state index in [1.54, 1.807) is 12.1 Å². The number of hydrogen-bond donors (Lipinski definition) is 3. The summed E-state index contributed by atoms with van der Waals surface area (Å²) in [5, 5.41) is 12.7. The molecule has 3 rings (SSSR count). The third-order valence-electron chi connectivity index (χ3n) is 4.51. The number of rotatable bonds is 8. The Balaban J connectivity index is 0.00000176. The van der Waals surface area contributed by atoms with Crippen molar-refractivity contribution in [2.24, 2.45) is 0 Å². The minimum absolute atomic E-state index is 0.141. The van der Waals surface area contributed by atoms with E-state index in [-0.39, 0.29) is 13.2 Å². The van der Waals surface area contributed by atoms with Crippen LogP contribution in [-0.2, 0) is 20.7 Å². The lowest BCUT2D eigenvalue weighted by atomic mass is 10.1. The molecule has 0 aliphatic rings. The molecular weight excluding hydrogens is 432 g/mol. The number of anilines is 1. The second-order valence-corrected chi connectivity index (χ2v) is 7.16. The first kappa shape index (κ1) is 25.2. The van der Waals surface area contributed by atoms with Crippen LogP contribution in [0.4, 0.5) is 5.69 Å². The fraction of sp³-hybridized carbons (Fsp3) is 0.333. The number of amides is 1. The third kappa shape index (κ3) is 6.48. The van der Waals surface area contributed by atoms with Gasteiger partial charge in [-0.15, -0.1) is 0 Å². The first-order valence-corrected chi connectivity index (χ1v) is 10.9. The Morgan fingerprint density at radius 1 is 1.19 bits per heavy atom.